The van der Waals surface area contributed by atoms with Crippen molar-refractivity contribution in [1.82, 2.24) is 9.13 Å². The van der Waals surface area contributed by atoms with E-state index in [1.54, 1.807) is 6.20 Å². The van der Waals surface area contributed by atoms with E-state index in [9.17, 15) is 0 Å². The first-order valence-corrected chi connectivity index (χ1v) is 12.0. The quantitative estimate of drug-likeness (QED) is 0.371. The van der Waals surface area contributed by atoms with Gasteiger partial charge in [0.1, 0.15) is 5.82 Å². The lowest BCUT2D eigenvalue weighted by Crippen LogP contribution is -2.32. The number of fused-ring (bicyclic) bond motifs is 7. The average Bonchev–Trinajstić information content (AvgIpc) is 3.52. The summed E-state index contributed by atoms with van der Waals surface area (Å²) in [6, 6.07) is 38.0. The van der Waals surface area contributed by atoms with Crippen LogP contribution in [0.3, 0.4) is 0 Å². The summed E-state index contributed by atoms with van der Waals surface area (Å²) in [5, 5.41) is 7.88. The highest BCUT2D eigenvalue weighted by molar-refractivity contribution is 6.25. The minimum absolute atomic E-state index is 0.661. The second kappa shape index (κ2) is 7.79. The molecule has 0 unspecified atom stereocenters. The molecule has 0 radical (unpaired) electrons. The standard InChI is InChI=1S/C32H24N4/c33-20-21-8-4-5-11-23(21)32(34)36-29-13-7-6-12-27(29)31-26-15-16-28-25(24(26)14-17-30(31)36)18-19-35(28)22-9-2-1-3-10-22/h1-20H,33-34H2/b21-20-,32-23+. The fraction of sp³-hybridized carbons (Fsp3) is 0. The maximum absolute atomic E-state index is 6.87. The molecule has 0 aliphatic carbocycles. The molecule has 0 amide bonds. The van der Waals surface area contributed by atoms with E-state index < -0.39 is 0 Å². The van der Waals surface area contributed by atoms with Crippen LogP contribution in [-0.4, -0.2) is 9.13 Å². The number of para-hydroxylation sites is 2. The van der Waals surface area contributed by atoms with Crippen LogP contribution < -0.4 is 21.9 Å². The molecule has 0 spiro atoms. The van der Waals surface area contributed by atoms with Crippen LogP contribution in [0, 0.1) is 0 Å². The maximum atomic E-state index is 6.87. The fourth-order valence-electron chi connectivity index (χ4n) is 5.57. The molecule has 5 aromatic carbocycles. The monoisotopic (exact) mass is 464 g/mol. The fourth-order valence-corrected chi connectivity index (χ4v) is 5.57. The predicted molar refractivity (Wildman–Crippen MR) is 151 cm³/mol. The van der Waals surface area contributed by atoms with Crippen molar-refractivity contribution in [1.29, 1.82) is 0 Å². The van der Waals surface area contributed by atoms with Crippen LogP contribution in [0.5, 0.6) is 0 Å². The van der Waals surface area contributed by atoms with E-state index in [0.29, 0.717) is 5.82 Å². The van der Waals surface area contributed by atoms with E-state index >= 15 is 0 Å². The Morgan fingerprint density at radius 1 is 0.583 bits per heavy atom. The number of nitrogens with zero attached hydrogens (tertiary/aromatic N) is 2. The first-order valence-electron chi connectivity index (χ1n) is 12.0. The smallest absolute Gasteiger partial charge is 0.116 e. The summed E-state index contributed by atoms with van der Waals surface area (Å²) in [6.07, 6.45) is 3.76. The van der Waals surface area contributed by atoms with E-state index in [2.05, 4.69) is 94.2 Å². The Labute approximate surface area is 207 Å². The van der Waals surface area contributed by atoms with Crippen molar-refractivity contribution >= 4 is 55.5 Å². The molecule has 0 fully saturated rings. The Morgan fingerprint density at radius 3 is 2.17 bits per heavy atom. The van der Waals surface area contributed by atoms with Crippen LogP contribution in [0.25, 0.3) is 61.2 Å². The predicted octanol–water partition coefficient (Wildman–Crippen LogP) is 5.16. The van der Waals surface area contributed by atoms with E-state index in [-0.39, 0.29) is 0 Å². The molecule has 4 heteroatoms. The van der Waals surface area contributed by atoms with Crippen LogP contribution in [0.4, 0.5) is 0 Å². The van der Waals surface area contributed by atoms with Crippen LogP contribution >= 0.6 is 0 Å². The summed E-state index contributed by atoms with van der Waals surface area (Å²) in [5.74, 6) is 0.661. The molecule has 7 aromatic rings. The van der Waals surface area contributed by atoms with Gasteiger partial charge in [-0.2, -0.15) is 0 Å². The SMILES string of the molecule is N/C=c1/cccc/c1=C(/N)n1c2ccccc2c2c3ccc4c(ccn4-c4ccccc4)c3ccc21. The molecular formula is C32H24N4. The Bertz CT molecular complexity index is 2060. The van der Waals surface area contributed by atoms with Gasteiger partial charge in [-0.25, -0.2) is 0 Å². The molecule has 2 aromatic heterocycles. The summed E-state index contributed by atoms with van der Waals surface area (Å²) in [5.41, 5.74) is 17.3. The second-order valence-corrected chi connectivity index (χ2v) is 9.07. The van der Waals surface area contributed by atoms with Gasteiger partial charge in [0, 0.05) is 44.7 Å². The van der Waals surface area contributed by atoms with Crippen molar-refractivity contribution in [3.8, 4) is 5.69 Å². The van der Waals surface area contributed by atoms with Gasteiger partial charge in [0.25, 0.3) is 0 Å². The minimum Gasteiger partial charge on any atom is -0.404 e. The number of rotatable bonds is 2. The zero-order valence-corrected chi connectivity index (χ0v) is 19.6. The van der Waals surface area contributed by atoms with Gasteiger partial charge in [-0.15, -0.1) is 0 Å². The molecule has 4 nitrogen and oxygen atoms in total. The highest BCUT2D eigenvalue weighted by atomic mass is 15.1. The zero-order valence-electron chi connectivity index (χ0n) is 19.6. The first-order chi connectivity index (χ1) is 17.8. The van der Waals surface area contributed by atoms with Crippen LogP contribution in [0.15, 0.2) is 115 Å². The van der Waals surface area contributed by atoms with Gasteiger partial charge < -0.3 is 16.0 Å². The highest BCUT2D eigenvalue weighted by Crippen LogP contribution is 2.38. The van der Waals surface area contributed by atoms with E-state index in [1.807, 2.05) is 30.3 Å². The molecule has 0 saturated carbocycles. The number of aromatic nitrogens is 2. The Hall–Kier alpha value is -4.96. The third-order valence-corrected chi connectivity index (χ3v) is 7.19. The topological polar surface area (TPSA) is 61.9 Å². The molecule has 0 saturated heterocycles. The van der Waals surface area contributed by atoms with Gasteiger partial charge in [0.2, 0.25) is 0 Å². The first kappa shape index (κ1) is 20.4. The normalized spacial score (nSPS) is 13.3. The Kier molecular flexibility index (Phi) is 4.42. The second-order valence-electron chi connectivity index (χ2n) is 9.07. The molecule has 0 bridgehead atoms. The molecule has 172 valence electrons. The van der Waals surface area contributed by atoms with Crippen molar-refractivity contribution in [3.63, 3.8) is 0 Å². The lowest BCUT2D eigenvalue weighted by Gasteiger charge is -2.10. The van der Waals surface area contributed by atoms with Gasteiger partial charge >= 0.3 is 0 Å². The maximum Gasteiger partial charge on any atom is 0.116 e. The highest BCUT2D eigenvalue weighted by Gasteiger charge is 2.17. The number of nitrogens with two attached hydrogens (primary N) is 2. The average molecular weight is 465 g/mol. The summed E-state index contributed by atoms with van der Waals surface area (Å²) in [6.45, 7) is 0. The largest absolute Gasteiger partial charge is 0.404 e. The Morgan fingerprint density at radius 2 is 1.31 bits per heavy atom. The van der Waals surface area contributed by atoms with E-state index in [4.69, 9.17) is 11.5 Å². The molecule has 2 heterocycles. The summed E-state index contributed by atoms with van der Waals surface area (Å²) in [4.78, 5) is 0. The van der Waals surface area contributed by atoms with Gasteiger partial charge in [-0.3, -0.25) is 4.57 Å². The van der Waals surface area contributed by atoms with Gasteiger partial charge in [0.05, 0.1) is 16.6 Å². The minimum atomic E-state index is 0.661. The molecular weight excluding hydrogens is 440 g/mol. The lowest BCUT2D eigenvalue weighted by atomic mass is 10.0. The Balaban J connectivity index is 1.61. The number of hydrogen-bond acceptors (Lipinski definition) is 2. The van der Waals surface area contributed by atoms with Gasteiger partial charge in [-0.05, 0) is 47.2 Å². The lowest BCUT2D eigenvalue weighted by molar-refractivity contribution is 1.13. The molecule has 7 rings (SSSR count). The summed E-state index contributed by atoms with van der Waals surface area (Å²) < 4.78 is 4.40. The third kappa shape index (κ3) is 2.82. The molecule has 36 heavy (non-hydrogen) atoms. The number of benzene rings is 5. The van der Waals surface area contributed by atoms with Crippen molar-refractivity contribution in [2.45, 2.75) is 0 Å². The third-order valence-electron chi connectivity index (χ3n) is 7.19. The molecule has 0 aliphatic heterocycles. The van der Waals surface area contributed by atoms with Crippen molar-refractivity contribution in [2.24, 2.45) is 11.5 Å². The zero-order chi connectivity index (χ0) is 24.2. The van der Waals surface area contributed by atoms with E-state index in [1.165, 1.54) is 32.4 Å². The van der Waals surface area contributed by atoms with Crippen molar-refractivity contribution in [3.05, 3.63) is 126 Å². The molecule has 0 aliphatic rings. The number of hydrogen-bond donors (Lipinski definition) is 2. The van der Waals surface area contributed by atoms with Crippen LogP contribution in [0.1, 0.15) is 0 Å². The molecule has 4 N–H and O–H groups in total. The van der Waals surface area contributed by atoms with Gasteiger partial charge in [-0.1, -0.05) is 72.8 Å². The molecule has 0 atom stereocenters. The van der Waals surface area contributed by atoms with Crippen molar-refractivity contribution in [2.75, 3.05) is 0 Å². The van der Waals surface area contributed by atoms with E-state index in [0.717, 1.165) is 27.2 Å². The van der Waals surface area contributed by atoms with Crippen LogP contribution in [-0.2, 0) is 0 Å². The summed E-state index contributed by atoms with van der Waals surface area (Å²) >= 11 is 0. The summed E-state index contributed by atoms with van der Waals surface area (Å²) in [7, 11) is 0. The van der Waals surface area contributed by atoms with Crippen LogP contribution in [0.2, 0.25) is 0 Å². The van der Waals surface area contributed by atoms with Gasteiger partial charge in [0.15, 0.2) is 0 Å². The van der Waals surface area contributed by atoms with Crippen molar-refractivity contribution < 1.29 is 0 Å².